The normalized spacial score (nSPS) is 10.4. The lowest BCUT2D eigenvalue weighted by Crippen LogP contribution is -2.24. The molecular formula is C15H13N5O2. The molecule has 0 aliphatic heterocycles. The number of nitrogens with one attached hydrogen (secondary N) is 2. The standard InChI is InChI=1S/C15H13N5O2/c21-14(17-10-11-6-4-5-9-16-11)13-18-15(22)20(19-13)12-7-2-1-3-8-12/h1-9H,10H2,(H,17,21)(H,18,19,22). The molecule has 0 radical (unpaired) electrons. The number of hydrogen-bond acceptors (Lipinski definition) is 4. The lowest BCUT2D eigenvalue weighted by atomic mass is 10.3. The highest BCUT2D eigenvalue weighted by molar-refractivity contribution is 5.90. The van der Waals surface area contributed by atoms with Gasteiger partial charge >= 0.3 is 5.69 Å². The molecule has 3 rings (SSSR count). The van der Waals surface area contributed by atoms with Gasteiger partial charge in [0.2, 0.25) is 5.82 Å². The molecule has 0 saturated carbocycles. The molecule has 2 heterocycles. The van der Waals surface area contributed by atoms with Gasteiger partial charge < -0.3 is 5.32 Å². The predicted molar refractivity (Wildman–Crippen MR) is 79.6 cm³/mol. The molecule has 22 heavy (non-hydrogen) atoms. The molecule has 0 fully saturated rings. The maximum Gasteiger partial charge on any atom is 0.348 e. The van der Waals surface area contributed by atoms with Crippen LogP contribution < -0.4 is 11.0 Å². The lowest BCUT2D eigenvalue weighted by molar-refractivity contribution is 0.0940. The fourth-order valence-corrected chi connectivity index (χ4v) is 1.93. The van der Waals surface area contributed by atoms with Crippen LogP contribution in [0.1, 0.15) is 16.3 Å². The van der Waals surface area contributed by atoms with E-state index in [-0.39, 0.29) is 12.4 Å². The zero-order valence-electron chi connectivity index (χ0n) is 11.6. The third-order valence-electron chi connectivity index (χ3n) is 2.99. The van der Waals surface area contributed by atoms with Crippen molar-refractivity contribution in [1.82, 2.24) is 25.1 Å². The summed E-state index contributed by atoms with van der Waals surface area (Å²) in [7, 11) is 0. The van der Waals surface area contributed by atoms with E-state index in [0.717, 1.165) is 10.4 Å². The number of carbonyl (C=O) groups is 1. The van der Waals surface area contributed by atoms with Crippen molar-refractivity contribution in [3.05, 3.63) is 76.7 Å². The molecule has 3 aromatic rings. The average Bonchev–Trinajstić information content (AvgIpc) is 2.96. The Morgan fingerprint density at radius 2 is 1.91 bits per heavy atom. The summed E-state index contributed by atoms with van der Waals surface area (Å²) in [4.78, 5) is 30.4. The second kappa shape index (κ2) is 6.04. The summed E-state index contributed by atoms with van der Waals surface area (Å²) in [6.45, 7) is 0.264. The van der Waals surface area contributed by atoms with Crippen molar-refractivity contribution in [2.24, 2.45) is 0 Å². The van der Waals surface area contributed by atoms with Gasteiger partial charge in [-0.05, 0) is 24.3 Å². The van der Waals surface area contributed by atoms with Crippen molar-refractivity contribution in [1.29, 1.82) is 0 Å². The summed E-state index contributed by atoms with van der Waals surface area (Å²) >= 11 is 0. The van der Waals surface area contributed by atoms with E-state index in [1.165, 1.54) is 0 Å². The molecular weight excluding hydrogens is 282 g/mol. The Bertz CT molecular complexity index is 824. The second-order valence-corrected chi connectivity index (χ2v) is 4.53. The minimum absolute atomic E-state index is 0.0372. The van der Waals surface area contributed by atoms with Crippen molar-refractivity contribution in [2.45, 2.75) is 6.54 Å². The number of para-hydroxylation sites is 1. The zero-order valence-corrected chi connectivity index (χ0v) is 11.6. The van der Waals surface area contributed by atoms with Crippen LogP contribution in [0, 0.1) is 0 Å². The van der Waals surface area contributed by atoms with E-state index in [4.69, 9.17) is 0 Å². The van der Waals surface area contributed by atoms with Gasteiger partial charge in [-0.2, -0.15) is 4.68 Å². The second-order valence-electron chi connectivity index (χ2n) is 4.53. The molecule has 2 aromatic heterocycles. The van der Waals surface area contributed by atoms with Crippen LogP contribution in [0.3, 0.4) is 0 Å². The number of benzene rings is 1. The van der Waals surface area contributed by atoms with Gasteiger partial charge in [-0.15, -0.1) is 5.10 Å². The van der Waals surface area contributed by atoms with E-state index in [1.807, 2.05) is 12.1 Å². The first-order chi connectivity index (χ1) is 10.7. The van der Waals surface area contributed by atoms with E-state index in [1.54, 1.807) is 42.6 Å². The first-order valence-corrected chi connectivity index (χ1v) is 6.67. The van der Waals surface area contributed by atoms with Gasteiger partial charge in [-0.1, -0.05) is 24.3 Å². The number of pyridine rings is 1. The topological polar surface area (TPSA) is 92.7 Å². The van der Waals surface area contributed by atoms with Gasteiger partial charge in [0.05, 0.1) is 17.9 Å². The maximum absolute atomic E-state index is 12.0. The van der Waals surface area contributed by atoms with Crippen LogP contribution in [0.25, 0.3) is 5.69 Å². The fourth-order valence-electron chi connectivity index (χ4n) is 1.93. The maximum atomic E-state index is 12.0. The van der Waals surface area contributed by atoms with Gasteiger partial charge in [0.15, 0.2) is 0 Å². The van der Waals surface area contributed by atoms with Crippen LogP contribution in [-0.2, 0) is 6.54 Å². The van der Waals surface area contributed by atoms with Crippen LogP contribution in [0.15, 0.2) is 59.5 Å². The fraction of sp³-hybridized carbons (Fsp3) is 0.0667. The van der Waals surface area contributed by atoms with E-state index in [9.17, 15) is 9.59 Å². The zero-order chi connectivity index (χ0) is 15.4. The minimum Gasteiger partial charge on any atom is -0.344 e. The van der Waals surface area contributed by atoms with E-state index in [2.05, 4.69) is 20.4 Å². The number of aromatic nitrogens is 4. The van der Waals surface area contributed by atoms with E-state index < -0.39 is 11.6 Å². The Morgan fingerprint density at radius 3 is 2.64 bits per heavy atom. The Kier molecular flexibility index (Phi) is 3.78. The number of rotatable bonds is 4. The average molecular weight is 295 g/mol. The molecule has 0 atom stereocenters. The van der Waals surface area contributed by atoms with Gasteiger partial charge in [0.1, 0.15) is 0 Å². The van der Waals surface area contributed by atoms with Gasteiger partial charge in [0.25, 0.3) is 5.91 Å². The number of amides is 1. The third-order valence-corrected chi connectivity index (χ3v) is 2.99. The van der Waals surface area contributed by atoms with Crippen molar-refractivity contribution < 1.29 is 4.79 Å². The van der Waals surface area contributed by atoms with Crippen molar-refractivity contribution in [3.8, 4) is 5.69 Å². The highest BCUT2D eigenvalue weighted by atomic mass is 16.2. The number of carbonyl (C=O) groups excluding carboxylic acids is 1. The molecule has 2 N–H and O–H groups in total. The van der Waals surface area contributed by atoms with Crippen LogP contribution in [-0.4, -0.2) is 25.7 Å². The summed E-state index contributed by atoms with van der Waals surface area (Å²) in [6, 6.07) is 14.3. The smallest absolute Gasteiger partial charge is 0.344 e. The van der Waals surface area contributed by atoms with E-state index in [0.29, 0.717) is 5.69 Å². The number of hydrogen-bond donors (Lipinski definition) is 2. The summed E-state index contributed by atoms with van der Waals surface area (Å²) in [5.74, 6) is -0.498. The number of nitrogens with zero attached hydrogens (tertiary/aromatic N) is 3. The Balaban J connectivity index is 1.75. The SMILES string of the molecule is O=C(NCc1ccccn1)c1nn(-c2ccccc2)c(=O)[nH]1. The minimum atomic E-state index is -0.464. The van der Waals surface area contributed by atoms with Crippen LogP contribution >= 0.6 is 0 Å². The molecule has 0 bridgehead atoms. The molecule has 0 aliphatic carbocycles. The molecule has 110 valence electrons. The number of H-pyrrole nitrogens is 1. The van der Waals surface area contributed by atoms with Crippen molar-refractivity contribution >= 4 is 5.91 Å². The van der Waals surface area contributed by atoms with Gasteiger partial charge in [-0.25, -0.2) is 4.79 Å². The van der Waals surface area contributed by atoms with Crippen LogP contribution in [0.5, 0.6) is 0 Å². The van der Waals surface area contributed by atoms with Crippen LogP contribution in [0.2, 0.25) is 0 Å². The monoisotopic (exact) mass is 295 g/mol. The number of aromatic amines is 1. The summed E-state index contributed by atoms with van der Waals surface area (Å²) in [5.41, 5.74) is 0.849. The Hall–Kier alpha value is -3.22. The van der Waals surface area contributed by atoms with Gasteiger partial charge in [-0.3, -0.25) is 14.8 Å². The molecule has 0 saturated heterocycles. The molecule has 1 aromatic carbocycles. The van der Waals surface area contributed by atoms with Crippen LogP contribution in [0.4, 0.5) is 0 Å². The predicted octanol–water partition coefficient (Wildman–Crippen LogP) is 0.886. The molecule has 7 heteroatoms. The molecule has 0 spiro atoms. The quantitative estimate of drug-likeness (QED) is 0.747. The Labute approximate surface area is 125 Å². The molecule has 7 nitrogen and oxygen atoms in total. The molecule has 0 unspecified atom stereocenters. The summed E-state index contributed by atoms with van der Waals surface area (Å²) in [5, 5.41) is 6.67. The summed E-state index contributed by atoms with van der Waals surface area (Å²) in [6.07, 6.45) is 1.65. The largest absolute Gasteiger partial charge is 0.348 e. The lowest BCUT2D eigenvalue weighted by Gasteiger charge is -2.01. The third kappa shape index (κ3) is 2.93. The first-order valence-electron chi connectivity index (χ1n) is 6.67. The van der Waals surface area contributed by atoms with Crippen molar-refractivity contribution in [2.75, 3.05) is 0 Å². The molecule has 0 aliphatic rings. The van der Waals surface area contributed by atoms with E-state index >= 15 is 0 Å². The molecule has 1 amide bonds. The van der Waals surface area contributed by atoms with Crippen molar-refractivity contribution in [3.63, 3.8) is 0 Å². The summed E-state index contributed by atoms with van der Waals surface area (Å²) < 4.78 is 1.15. The highest BCUT2D eigenvalue weighted by Crippen LogP contribution is 2.02. The van der Waals surface area contributed by atoms with Gasteiger partial charge in [0, 0.05) is 6.20 Å². The Morgan fingerprint density at radius 1 is 1.14 bits per heavy atom. The first kappa shape index (κ1) is 13.7. The highest BCUT2D eigenvalue weighted by Gasteiger charge is 2.13.